The van der Waals surface area contributed by atoms with Crippen LogP contribution in [0.2, 0.25) is 0 Å². The predicted octanol–water partition coefficient (Wildman–Crippen LogP) is 4.20. The van der Waals surface area contributed by atoms with Crippen molar-refractivity contribution in [1.29, 1.82) is 0 Å². The van der Waals surface area contributed by atoms with Crippen LogP contribution in [0.25, 0.3) is 10.2 Å². The maximum Gasteiger partial charge on any atom is 0.240 e. The number of benzene rings is 2. The van der Waals surface area contributed by atoms with Crippen LogP contribution in [0, 0.1) is 0 Å². The Hall–Kier alpha value is -2.73. The third-order valence-corrected chi connectivity index (χ3v) is 7.28. The summed E-state index contributed by atoms with van der Waals surface area (Å²) >= 11 is 3.08. The molecule has 0 aliphatic rings. The first-order chi connectivity index (χ1) is 14.5. The standard InChI is InChI=1S/C19H18N6O2S3/c1-20-30(26,27)13-4-6-16(28-2)15(8-13)25-19-9-18(21-10-22-19)24-12-3-5-14-17(7-12)29-11-23-14/h3-11,20H,1-2H3,(H2,21,22,24,25). The van der Waals surface area contributed by atoms with Crippen molar-refractivity contribution in [1.82, 2.24) is 19.7 Å². The van der Waals surface area contributed by atoms with Crippen LogP contribution in [0.4, 0.5) is 23.0 Å². The van der Waals surface area contributed by atoms with Crippen LogP contribution in [0.15, 0.2) is 64.1 Å². The van der Waals surface area contributed by atoms with Gasteiger partial charge in [0.2, 0.25) is 10.0 Å². The highest BCUT2D eigenvalue weighted by molar-refractivity contribution is 7.98. The summed E-state index contributed by atoms with van der Waals surface area (Å²) < 4.78 is 27.7. The maximum absolute atomic E-state index is 12.2. The quantitative estimate of drug-likeness (QED) is 0.354. The summed E-state index contributed by atoms with van der Waals surface area (Å²) in [6.07, 6.45) is 3.37. The van der Waals surface area contributed by atoms with Crippen molar-refractivity contribution in [3.63, 3.8) is 0 Å². The molecule has 0 saturated heterocycles. The van der Waals surface area contributed by atoms with Crippen molar-refractivity contribution in [3.05, 3.63) is 54.3 Å². The molecule has 2 heterocycles. The van der Waals surface area contributed by atoms with E-state index in [-0.39, 0.29) is 4.90 Å². The van der Waals surface area contributed by atoms with Gasteiger partial charge < -0.3 is 10.6 Å². The smallest absolute Gasteiger partial charge is 0.240 e. The number of hydrogen-bond acceptors (Lipinski definition) is 9. The second-order valence-electron chi connectivity index (χ2n) is 6.14. The summed E-state index contributed by atoms with van der Waals surface area (Å²) in [4.78, 5) is 13.9. The van der Waals surface area contributed by atoms with Gasteiger partial charge in [0, 0.05) is 16.6 Å². The fourth-order valence-corrected chi connectivity index (χ4v) is 4.79. The van der Waals surface area contributed by atoms with Crippen molar-refractivity contribution >= 4 is 66.3 Å². The Morgan fingerprint density at radius 1 is 0.967 bits per heavy atom. The van der Waals surface area contributed by atoms with Crippen LogP contribution in [-0.2, 0) is 10.0 Å². The molecule has 0 bridgehead atoms. The molecule has 11 heteroatoms. The summed E-state index contributed by atoms with van der Waals surface area (Å²) in [6, 6.07) is 12.6. The number of nitrogens with one attached hydrogen (secondary N) is 3. The molecule has 0 radical (unpaired) electrons. The van der Waals surface area contributed by atoms with Gasteiger partial charge in [-0.05, 0) is 49.7 Å². The van der Waals surface area contributed by atoms with Gasteiger partial charge in [0.25, 0.3) is 0 Å². The number of hydrogen-bond donors (Lipinski definition) is 3. The first-order valence-corrected chi connectivity index (χ1v) is 12.4. The zero-order valence-electron chi connectivity index (χ0n) is 16.1. The summed E-state index contributed by atoms with van der Waals surface area (Å²) in [7, 11) is -2.16. The van der Waals surface area contributed by atoms with E-state index in [2.05, 4.69) is 30.3 Å². The van der Waals surface area contributed by atoms with Gasteiger partial charge in [-0.15, -0.1) is 23.1 Å². The molecule has 0 saturated carbocycles. The third-order valence-electron chi connectivity index (χ3n) is 4.28. The van der Waals surface area contributed by atoms with E-state index in [1.165, 1.54) is 25.1 Å². The second-order valence-corrected chi connectivity index (χ2v) is 9.76. The van der Waals surface area contributed by atoms with E-state index in [0.29, 0.717) is 17.3 Å². The van der Waals surface area contributed by atoms with Crippen LogP contribution in [0.1, 0.15) is 0 Å². The first kappa shape index (κ1) is 20.5. The minimum atomic E-state index is -3.55. The molecule has 2 aromatic heterocycles. The van der Waals surface area contributed by atoms with Gasteiger partial charge in [0.15, 0.2) is 0 Å². The monoisotopic (exact) mass is 458 g/mol. The Bertz CT molecular complexity index is 1310. The summed E-state index contributed by atoms with van der Waals surface area (Å²) in [6.45, 7) is 0. The van der Waals surface area contributed by atoms with E-state index in [1.807, 2.05) is 30.0 Å². The molecule has 0 aliphatic carbocycles. The van der Waals surface area contributed by atoms with Gasteiger partial charge in [-0.3, -0.25) is 0 Å². The molecule has 0 unspecified atom stereocenters. The van der Waals surface area contributed by atoms with Crippen LogP contribution < -0.4 is 15.4 Å². The van der Waals surface area contributed by atoms with Crippen molar-refractivity contribution < 1.29 is 8.42 Å². The molecule has 30 heavy (non-hydrogen) atoms. The van der Waals surface area contributed by atoms with Crippen LogP contribution in [-0.4, -0.2) is 36.7 Å². The van der Waals surface area contributed by atoms with Gasteiger partial charge in [0.05, 0.1) is 26.3 Å². The van der Waals surface area contributed by atoms with Gasteiger partial charge in [-0.1, -0.05) is 0 Å². The molecule has 154 valence electrons. The lowest BCUT2D eigenvalue weighted by molar-refractivity contribution is 0.588. The molecule has 2 aromatic carbocycles. The first-order valence-electron chi connectivity index (χ1n) is 8.79. The van der Waals surface area contributed by atoms with E-state index in [9.17, 15) is 8.42 Å². The maximum atomic E-state index is 12.2. The highest BCUT2D eigenvalue weighted by Gasteiger charge is 2.14. The molecule has 0 spiro atoms. The number of thiazole rings is 1. The number of aromatic nitrogens is 3. The molecular formula is C19H18N6O2S3. The molecule has 0 aliphatic heterocycles. The highest BCUT2D eigenvalue weighted by Crippen LogP contribution is 2.31. The second kappa shape index (κ2) is 8.56. The zero-order chi connectivity index (χ0) is 21.1. The lowest BCUT2D eigenvalue weighted by Gasteiger charge is -2.13. The Kier molecular flexibility index (Phi) is 5.86. The molecule has 8 nitrogen and oxygen atoms in total. The van der Waals surface area contributed by atoms with Crippen molar-refractivity contribution in [2.24, 2.45) is 0 Å². The predicted molar refractivity (Wildman–Crippen MR) is 123 cm³/mol. The van der Waals surface area contributed by atoms with Crippen LogP contribution in [0.3, 0.4) is 0 Å². The molecule has 0 atom stereocenters. The Labute approximate surface area is 182 Å². The topological polar surface area (TPSA) is 109 Å². The van der Waals surface area contributed by atoms with Crippen molar-refractivity contribution in [3.8, 4) is 0 Å². The number of nitrogens with zero attached hydrogens (tertiary/aromatic N) is 3. The zero-order valence-corrected chi connectivity index (χ0v) is 18.5. The van der Waals surface area contributed by atoms with E-state index in [1.54, 1.807) is 35.6 Å². The lowest BCUT2D eigenvalue weighted by Crippen LogP contribution is -2.18. The average Bonchev–Trinajstić information content (AvgIpc) is 3.22. The number of rotatable bonds is 7. The number of fused-ring (bicyclic) bond motifs is 1. The lowest BCUT2D eigenvalue weighted by atomic mass is 10.3. The molecule has 3 N–H and O–H groups in total. The van der Waals surface area contributed by atoms with E-state index in [0.717, 1.165) is 20.8 Å². The molecule has 0 fully saturated rings. The Morgan fingerprint density at radius 2 is 1.77 bits per heavy atom. The third kappa shape index (κ3) is 4.38. The number of sulfonamides is 1. The van der Waals surface area contributed by atoms with Crippen molar-refractivity contribution in [2.75, 3.05) is 23.9 Å². The fraction of sp³-hybridized carbons (Fsp3) is 0.105. The van der Waals surface area contributed by atoms with Gasteiger partial charge in [0.1, 0.15) is 18.0 Å². The molecule has 0 amide bonds. The summed E-state index contributed by atoms with van der Waals surface area (Å²) in [5.41, 5.74) is 4.31. The van der Waals surface area contributed by atoms with Crippen LogP contribution in [0.5, 0.6) is 0 Å². The Balaban J connectivity index is 1.60. The molecule has 4 aromatic rings. The number of anilines is 4. The summed E-state index contributed by atoms with van der Waals surface area (Å²) in [5, 5.41) is 6.46. The van der Waals surface area contributed by atoms with E-state index in [4.69, 9.17) is 0 Å². The summed E-state index contributed by atoms with van der Waals surface area (Å²) in [5.74, 6) is 1.15. The van der Waals surface area contributed by atoms with E-state index < -0.39 is 10.0 Å². The Morgan fingerprint density at radius 3 is 2.53 bits per heavy atom. The minimum absolute atomic E-state index is 0.176. The van der Waals surface area contributed by atoms with Gasteiger partial charge in [-0.25, -0.2) is 28.1 Å². The largest absolute Gasteiger partial charge is 0.340 e. The highest BCUT2D eigenvalue weighted by atomic mass is 32.2. The van der Waals surface area contributed by atoms with Gasteiger partial charge >= 0.3 is 0 Å². The van der Waals surface area contributed by atoms with E-state index >= 15 is 0 Å². The molecular weight excluding hydrogens is 440 g/mol. The average molecular weight is 459 g/mol. The normalized spacial score (nSPS) is 11.5. The minimum Gasteiger partial charge on any atom is -0.340 e. The fourth-order valence-electron chi connectivity index (χ4n) is 2.78. The SMILES string of the molecule is CNS(=O)(=O)c1ccc(SC)c(Nc2cc(Nc3ccc4ncsc4c3)ncn2)c1. The number of thioether (sulfide) groups is 1. The van der Waals surface area contributed by atoms with Crippen molar-refractivity contribution in [2.45, 2.75) is 9.79 Å². The van der Waals surface area contributed by atoms with Crippen LogP contribution >= 0.6 is 23.1 Å². The van der Waals surface area contributed by atoms with Gasteiger partial charge in [-0.2, -0.15) is 0 Å². The molecule has 4 rings (SSSR count).